The predicted octanol–water partition coefficient (Wildman–Crippen LogP) is 3.01. The molecule has 0 saturated carbocycles. The lowest BCUT2D eigenvalue weighted by molar-refractivity contribution is 0.223. The van der Waals surface area contributed by atoms with E-state index in [9.17, 15) is 15.0 Å². The Morgan fingerprint density at radius 1 is 1.33 bits per heavy atom. The van der Waals surface area contributed by atoms with Crippen molar-refractivity contribution in [2.75, 3.05) is 6.61 Å². The summed E-state index contributed by atoms with van der Waals surface area (Å²) in [6, 6.07) is 5.62. The lowest BCUT2D eigenvalue weighted by Gasteiger charge is -2.17. The molecular formula is C19H26N2O3. The summed E-state index contributed by atoms with van der Waals surface area (Å²) in [5.74, 6) is -0.0519. The van der Waals surface area contributed by atoms with Crippen molar-refractivity contribution in [3.8, 4) is 5.75 Å². The molecule has 0 bridgehead atoms. The Hall–Kier alpha value is -2.14. The standard InChI is InChI=1S/C19H26N2O3/c1-5-6-10-21-16-13(2)8-7-9-14(16)17(23)15(18(21)24)11-20-19(3,4)12-22/h7-9,11,22-23H,5-6,10,12H2,1-4H3. The van der Waals surface area contributed by atoms with Crippen LogP contribution in [0.3, 0.4) is 0 Å². The molecule has 1 aromatic heterocycles. The molecule has 0 aliphatic heterocycles. The van der Waals surface area contributed by atoms with E-state index >= 15 is 0 Å². The predicted molar refractivity (Wildman–Crippen MR) is 98.3 cm³/mol. The monoisotopic (exact) mass is 330 g/mol. The second-order valence-corrected chi connectivity index (χ2v) is 6.77. The third-order valence-electron chi connectivity index (χ3n) is 4.16. The maximum atomic E-state index is 12.9. The zero-order valence-electron chi connectivity index (χ0n) is 14.8. The number of hydrogen-bond donors (Lipinski definition) is 2. The van der Waals surface area contributed by atoms with Crippen LogP contribution < -0.4 is 5.56 Å². The zero-order valence-corrected chi connectivity index (χ0v) is 14.8. The number of benzene rings is 1. The van der Waals surface area contributed by atoms with Crippen molar-refractivity contribution in [2.45, 2.75) is 52.6 Å². The van der Waals surface area contributed by atoms with Gasteiger partial charge in [-0.2, -0.15) is 0 Å². The lowest BCUT2D eigenvalue weighted by Crippen LogP contribution is -2.27. The van der Waals surface area contributed by atoms with E-state index in [1.807, 2.05) is 25.1 Å². The Morgan fingerprint density at radius 3 is 2.67 bits per heavy atom. The third-order valence-corrected chi connectivity index (χ3v) is 4.16. The van der Waals surface area contributed by atoms with Gasteiger partial charge in [0.1, 0.15) is 11.3 Å². The topological polar surface area (TPSA) is 74.8 Å². The number of aryl methyl sites for hydroxylation is 2. The number of hydrogen-bond acceptors (Lipinski definition) is 4. The fraction of sp³-hybridized carbons (Fsp3) is 0.474. The number of aliphatic hydroxyl groups is 1. The number of unbranched alkanes of at least 4 members (excludes halogenated alkanes) is 1. The highest BCUT2D eigenvalue weighted by atomic mass is 16.3. The van der Waals surface area contributed by atoms with Gasteiger partial charge in [-0.05, 0) is 38.8 Å². The van der Waals surface area contributed by atoms with Gasteiger partial charge in [0, 0.05) is 18.1 Å². The number of aromatic nitrogens is 1. The minimum atomic E-state index is -0.700. The van der Waals surface area contributed by atoms with Crippen LogP contribution in [0.2, 0.25) is 0 Å². The first-order valence-electron chi connectivity index (χ1n) is 8.33. The second-order valence-electron chi connectivity index (χ2n) is 6.77. The van der Waals surface area contributed by atoms with Gasteiger partial charge in [0.05, 0.1) is 17.7 Å². The van der Waals surface area contributed by atoms with Gasteiger partial charge in [-0.1, -0.05) is 25.5 Å². The highest BCUT2D eigenvalue weighted by Gasteiger charge is 2.18. The molecule has 0 radical (unpaired) electrons. The van der Waals surface area contributed by atoms with Crippen LogP contribution in [0.15, 0.2) is 28.0 Å². The molecule has 0 aliphatic carbocycles. The van der Waals surface area contributed by atoms with Crippen molar-refractivity contribution in [1.29, 1.82) is 0 Å². The number of nitrogens with zero attached hydrogens (tertiary/aromatic N) is 2. The fourth-order valence-corrected chi connectivity index (χ4v) is 2.63. The van der Waals surface area contributed by atoms with Crippen molar-refractivity contribution in [3.63, 3.8) is 0 Å². The molecule has 5 heteroatoms. The van der Waals surface area contributed by atoms with Crippen molar-refractivity contribution in [2.24, 2.45) is 4.99 Å². The van der Waals surface area contributed by atoms with Crippen molar-refractivity contribution in [1.82, 2.24) is 4.57 Å². The fourth-order valence-electron chi connectivity index (χ4n) is 2.63. The number of pyridine rings is 1. The van der Waals surface area contributed by atoms with E-state index in [-0.39, 0.29) is 23.5 Å². The molecule has 2 rings (SSSR count). The summed E-state index contributed by atoms with van der Waals surface area (Å²) < 4.78 is 1.72. The molecule has 0 fully saturated rings. The molecule has 1 heterocycles. The number of aliphatic imine (C=N–C) groups is 1. The quantitative estimate of drug-likeness (QED) is 0.800. The van der Waals surface area contributed by atoms with Crippen LogP contribution in [0.1, 0.15) is 44.7 Å². The molecule has 0 saturated heterocycles. The first-order valence-corrected chi connectivity index (χ1v) is 8.33. The maximum absolute atomic E-state index is 12.9. The summed E-state index contributed by atoms with van der Waals surface area (Å²) in [6.45, 7) is 8.00. The van der Waals surface area contributed by atoms with Crippen molar-refractivity contribution < 1.29 is 10.2 Å². The van der Waals surface area contributed by atoms with Crippen LogP contribution >= 0.6 is 0 Å². The van der Waals surface area contributed by atoms with Crippen molar-refractivity contribution >= 4 is 17.1 Å². The normalized spacial score (nSPS) is 12.4. The molecule has 1 aromatic carbocycles. The summed E-state index contributed by atoms with van der Waals surface area (Å²) >= 11 is 0. The first kappa shape index (κ1) is 18.2. The Morgan fingerprint density at radius 2 is 2.04 bits per heavy atom. The van der Waals surface area contributed by atoms with Gasteiger partial charge in [-0.3, -0.25) is 9.79 Å². The SMILES string of the molecule is CCCCn1c(=O)c(C=NC(C)(C)CO)c(O)c2cccc(C)c21. The van der Waals surface area contributed by atoms with E-state index in [0.29, 0.717) is 11.9 Å². The molecule has 2 aromatic rings. The molecule has 2 N–H and O–H groups in total. The largest absolute Gasteiger partial charge is 0.506 e. The van der Waals surface area contributed by atoms with Gasteiger partial charge in [-0.15, -0.1) is 0 Å². The number of rotatable bonds is 6. The lowest BCUT2D eigenvalue weighted by atomic mass is 10.1. The molecule has 0 aliphatic rings. The van der Waals surface area contributed by atoms with Crippen LogP contribution in [0.25, 0.3) is 10.9 Å². The highest BCUT2D eigenvalue weighted by Crippen LogP contribution is 2.28. The van der Waals surface area contributed by atoms with E-state index in [2.05, 4.69) is 11.9 Å². The van der Waals surface area contributed by atoms with Crippen LogP contribution in [0, 0.1) is 6.92 Å². The molecule has 130 valence electrons. The Kier molecular flexibility index (Phi) is 5.44. The van der Waals surface area contributed by atoms with E-state index in [1.165, 1.54) is 6.21 Å². The minimum absolute atomic E-state index is 0.0519. The number of fused-ring (bicyclic) bond motifs is 1. The molecular weight excluding hydrogens is 304 g/mol. The molecule has 5 nitrogen and oxygen atoms in total. The Balaban J connectivity index is 2.75. The molecule has 0 spiro atoms. The van der Waals surface area contributed by atoms with Gasteiger partial charge in [0.2, 0.25) is 0 Å². The van der Waals surface area contributed by atoms with E-state index in [1.54, 1.807) is 18.4 Å². The average molecular weight is 330 g/mol. The Bertz CT molecular complexity index is 819. The number of para-hydroxylation sites is 1. The van der Waals surface area contributed by atoms with Crippen LogP contribution in [0.4, 0.5) is 0 Å². The maximum Gasteiger partial charge on any atom is 0.263 e. The summed E-state index contributed by atoms with van der Waals surface area (Å²) in [7, 11) is 0. The highest BCUT2D eigenvalue weighted by molar-refractivity contribution is 5.96. The third kappa shape index (κ3) is 3.51. The average Bonchev–Trinajstić information content (AvgIpc) is 2.55. The summed E-state index contributed by atoms with van der Waals surface area (Å²) in [6.07, 6.45) is 3.24. The zero-order chi connectivity index (χ0) is 17.9. The minimum Gasteiger partial charge on any atom is -0.506 e. The van der Waals surface area contributed by atoms with Gasteiger partial charge in [0.15, 0.2) is 0 Å². The van der Waals surface area contributed by atoms with Crippen LogP contribution in [-0.2, 0) is 6.54 Å². The van der Waals surface area contributed by atoms with Gasteiger partial charge < -0.3 is 14.8 Å². The smallest absolute Gasteiger partial charge is 0.263 e. The molecule has 24 heavy (non-hydrogen) atoms. The van der Waals surface area contributed by atoms with Crippen molar-refractivity contribution in [3.05, 3.63) is 39.7 Å². The van der Waals surface area contributed by atoms with E-state index in [4.69, 9.17) is 0 Å². The van der Waals surface area contributed by atoms with Gasteiger partial charge >= 0.3 is 0 Å². The number of aromatic hydroxyl groups is 1. The summed E-state index contributed by atoms with van der Waals surface area (Å²) in [5.41, 5.74) is 0.947. The van der Waals surface area contributed by atoms with Gasteiger partial charge in [0.25, 0.3) is 5.56 Å². The van der Waals surface area contributed by atoms with E-state index in [0.717, 1.165) is 23.9 Å². The Labute approximate surface area is 142 Å². The van der Waals surface area contributed by atoms with Crippen LogP contribution in [-0.4, -0.2) is 33.1 Å². The molecule has 0 atom stereocenters. The second kappa shape index (κ2) is 7.18. The molecule has 0 amide bonds. The van der Waals surface area contributed by atoms with E-state index < -0.39 is 5.54 Å². The first-order chi connectivity index (χ1) is 11.3. The van der Waals surface area contributed by atoms with Gasteiger partial charge in [-0.25, -0.2) is 0 Å². The number of aliphatic hydroxyl groups excluding tert-OH is 1. The van der Waals surface area contributed by atoms with Crippen LogP contribution in [0.5, 0.6) is 5.75 Å². The summed E-state index contributed by atoms with van der Waals surface area (Å²) in [4.78, 5) is 17.2. The summed E-state index contributed by atoms with van der Waals surface area (Å²) in [5, 5.41) is 20.6. The molecule has 0 unspecified atom stereocenters.